The van der Waals surface area contributed by atoms with Crippen LogP contribution in [0.5, 0.6) is 5.75 Å². The zero-order valence-corrected chi connectivity index (χ0v) is 11.2. The van der Waals surface area contributed by atoms with E-state index in [1.807, 2.05) is 0 Å². The van der Waals surface area contributed by atoms with Crippen LogP contribution in [0.4, 0.5) is 17.6 Å². The van der Waals surface area contributed by atoms with Crippen molar-refractivity contribution < 1.29 is 22.3 Å². The lowest BCUT2D eigenvalue weighted by molar-refractivity contribution is -0.148. The maximum absolute atomic E-state index is 12.7. The van der Waals surface area contributed by atoms with Crippen molar-refractivity contribution in [1.82, 2.24) is 0 Å². The van der Waals surface area contributed by atoms with Crippen molar-refractivity contribution >= 4 is 33.1 Å². The van der Waals surface area contributed by atoms with Gasteiger partial charge in [-0.25, -0.2) is 8.78 Å². The Bertz CT molecular complexity index is 456. The van der Waals surface area contributed by atoms with Gasteiger partial charge in [0, 0.05) is 4.47 Å². The van der Waals surface area contributed by atoms with Crippen LogP contribution in [0.25, 0.3) is 0 Å². The summed E-state index contributed by atoms with van der Waals surface area (Å²) in [6, 6.07) is 4.27. The van der Waals surface area contributed by atoms with Crippen molar-refractivity contribution in [3.8, 4) is 5.75 Å². The number of alkyl halides is 4. The average molecular weight is 346 g/mol. The lowest BCUT2D eigenvalue weighted by Crippen LogP contribution is -2.34. The van der Waals surface area contributed by atoms with Crippen LogP contribution >= 0.6 is 28.1 Å². The molecule has 0 aliphatic heterocycles. The maximum atomic E-state index is 12.7. The van der Waals surface area contributed by atoms with Gasteiger partial charge < -0.3 is 10.5 Å². The van der Waals surface area contributed by atoms with Crippen molar-refractivity contribution in [3.05, 3.63) is 28.2 Å². The van der Waals surface area contributed by atoms with E-state index >= 15 is 0 Å². The molecule has 1 rings (SSSR count). The Morgan fingerprint density at radius 2 is 2.06 bits per heavy atom. The van der Waals surface area contributed by atoms with Gasteiger partial charge in [0.05, 0.1) is 5.56 Å². The standard InChI is InChI=1S/C10H8BrF4NOS/c11-5-1-2-7(6(3-5)8(16)18)17-4-10(14,15)9(12)13/h1-3,9H,4H2,(H2,16,18). The van der Waals surface area contributed by atoms with Crippen molar-refractivity contribution in [1.29, 1.82) is 0 Å². The topological polar surface area (TPSA) is 35.2 Å². The fraction of sp³-hybridized carbons (Fsp3) is 0.300. The Morgan fingerprint density at radius 1 is 1.44 bits per heavy atom. The van der Waals surface area contributed by atoms with E-state index in [0.29, 0.717) is 4.47 Å². The number of thiocarbonyl (C=S) groups is 1. The van der Waals surface area contributed by atoms with Crippen LogP contribution in [0.1, 0.15) is 5.56 Å². The third-order valence-corrected chi connectivity index (χ3v) is 2.66. The molecule has 18 heavy (non-hydrogen) atoms. The Kier molecular flexibility index (Phi) is 4.92. The zero-order valence-electron chi connectivity index (χ0n) is 8.80. The molecule has 1 aromatic carbocycles. The first-order valence-electron chi connectivity index (χ1n) is 4.62. The molecule has 0 saturated heterocycles. The van der Waals surface area contributed by atoms with Crippen molar-refractivity contribution in [2.45, 2.75) is 12.3 Å². The van der Waals surface area contributed by atoms with Gasteiger partial charge in [-0.3, -0.25) is 0 Å². The zero-order chi connectivity index (χ0) is 13.9. The quantitative estimate of drug-likeness (QED) is 0.656. The summed E-state index contributed by atoms with van der Waals surface area (Å²) < 4.78 is 54.6. The first-order valence-corrected chi connectivity index (χ1v) is 5.82. The SMILES string of the molecule is NC(=S)c1cc(Br)ccc1OCC(F)(F)C(F)F. The maximum Gasteiger partial charge on any atom is 0.340 e. The van der Waals surface area contributed by atoms with Gasteiger partial charge in [-0.15, -0.1) is 0 Å². The Balaban J connectivity index is 2.89. The second kappa shape index (κ2) is 5.83. The summed E-state index contributed by atoms with van der Waals surface area (Å²) in [5, 5.41) is 0. The summed E-state index contributed by atoms with van der Waals surface area (Å²) in [5.74, 6) is -4.29. The molecule has 1 aromatic rings. The molecule has 0 radical (unpaired) electrons. The highest BCUT2D eigenvalue weighted by molar-refractivity contribution is 9.10. The molecule has 100 valence electrons. The van der Waals surface area contributed by atoms with Gasteiger partial charge in [-0.05, 0) is 18.2 Å². The number of ether oxygens (including phenoxy) is 1. The van der Waals surface area contributed by atoms with Gasteiger partial charge in [0.15, 0.2) is 6.61 Å². The predicted octanol–water partition coefficient (Wildman–Crippen LogP) is 3.36. The van der Waals surface area contributed by atoms with E-state index in [1.54, 1.807) is 0 Å². The average Bonchev–Trinajstić information content (AvgIpc) is 2.27. The van der Waals surface area contributed by atoms with Crippen molar-refractivity contribution in [3.63, 3.8) is 0 Å². The Morgan fingerprint density at radius 3 is 2.56 bits per heavy atom. The molecule has 0 aliphatic rings. The minimum absolute atomic E-state index is 0.0639. The fourth-order valence-corrected chi connectivity index (χ4v) is 1.58. The van der Waals surface area contributed by atoms with Crippen molar-refractivity contribution in [2.75, 3.05) is 6.61 Å². The monoisotopic (exact) mass is 345 g/mol. The first kappa shape index (κ1) is 15.2. The van der Waals surface area contributed by atoms with Gasteiger partial charge in [0.2, 0.25) is 0 Å². The highest BCUT2D eigenvalue weighted by Gasteiger charge is 2.41. The van der Waals surface area contributed by atoms with Gasteiger partial charge >= 0.3 is 12.3 Å². The smallest absolute Gasteiger partial charge is 0.340 e. The largest absolute Gasteiger partial charge is 0.486 e. The number of hydrogen-bond donors (Lipinski definition) is 1. The number of hydrogen-bond acceptors (Lipinski definition) is 2. The number of rotatable bonds is 5. The minimum atomic E-state index is -4.22. The summed E-state index contributed by atoms with van der Waals surface area (Å²) in [6.45, 7) is -1.44. The van der Waals surface area contributed by atoms with E-state index in [9.17, 15) is 17.6 Å². The van der Waals surface area contributed by atoms with Crippen LogP contribution in [0.3, 0.4) is 0 Å². The van der Waals surface area contributed by atoms with Crippen LogP contribution in [0.2, 0.25) is 0 Å². The van der Waals surface area contributed by atoms with E-state index < -0.39 is 19.0 Å². The molecule has 0 spiro atoms. The second-order valence-electron chi connectivity index (χ2n) is 3.36. The molecule has 0 aliphatic carbocycles. The molecule has 0 bridgehead atoms. The number of halogens is 5. The summed E-state index contributed by atoms with van der Waals surface area (Å²) in [7, 11) is 0. The first-order chi connectivity index (χ1) is 8.24. The molecule has 2 nitrogen and oxygen atoms in total. The fourth-order valence-electron chi connectivity index (χ4n) is 1.06. The summed E-state index contributed by atoms with van der Waals surface area (Å²) in [6.07, 6.45) is -3.79. The van der Waals surface area contributed by atoms with Crippen LogP contribution in [-0.2, 0) is 0 Å². The van der Waals surface area contributed by atoms with Crippen LogP contribution < -0.4 is 10.5 Å². The molecule has 0 unspecified atom stereocenters. The van der Waals surface area contributed by atoms with Crippen molar-refractivity contribution in [2.24, 2.45) is 5.73 Å². The number of benzene rings is 1. The molecule has 8 heteroatoms. The van der Waals surface area contributed by atoms with Crippen LogP contribution in [-0.4, -0.2) is 23.9 Å². The molecule has 2 N–H and O–H groups in total. The molecular formula is C10H8BrF4NOS. The second-order valence-corrected chi connectivity index (χ2v) is 4.71. The van der Waals surface area contributed by atoms with E-state index in [0.717, 1.165) is 0 Å². The minimum Gasteiger partial charge on any atom is -0.486 e. The van der Waals surface area contributed by atoms with E-state index in [2.05, 4.69) is 20.7 Å². The molecular weight excluding hydrogens is 338 g/mol. The molecule has 0 heterocycles. The molecule has 0 fully saturated rings. The Labute approximate surface area is 114 Å². The lowest BCUT2D eigenvalue weighted by atomic mass is 10.2. The summed E-state index contributed by atoms with van der Waals surface area (Å²) in [5.41, 5.74) is 5.58. The molecule has 0 saturated carbocycles. The van der Waals surface area contributed by atoms with Gasteiger partial charge in [-0.1, -0.05) is 28.1 Å². The van der Waals surface area contributed by atoms with Crippen LogP contribution in [0.15, 0.2) is 22.7 Å². The lowest BCUT2D eigenvalue weighted by Gasteiger charge is -2.17. The molecule has 0 amide bonds. The third kappa shape index (κ3) is 3.81. The summed E-state index contributed by atoms with van der Waals surface area (Å²) >= 11 is 7.85. The van der Waals surface area contributed by atoms with Gasteiger partial charge in [0.1, 0.15) is 10.7 Å². The highest BCUT2D eigenvalue weighted by atomic mass is 79.9. The van der Waals surface area contributed by atoms with Gasteiger partial charge in [-0.2, -0.15) is 8.78 Å². The molecule has 0 atom stereocenters. The third-order valence-electron chi connectivity index (χ3n) is 1.95. The van der Waals surface area contributed by atoms with E-state index in [1.165, 1.54) is 18.2 Å². The highest BCUT2D eigenvalue weighted by Crippen LogP contribution is 2.27. The Hall–Kier alpha value is -0.890. The van der Waals surface area contributed by atoms with Crippen LogP contribution in [0, 0.1) is 0 Å². The van der Waals surface area contributed by atoms with E-state index in [-0.39, 0.29) is 16.3 Å². The normalized spacial score (nSPS) is 11.7. The summed E-state index contributed by atoms with van der Waals surface area (Å²) in [4.78, 5) is -0.0772. The van der Waals surface area contributed by atoms with E-state index in [4.69, 9.17) is 18.0 Å². The predicted molar refractivity (Wildman–Crippen MR) is 66.5 cm³/mol. The van der Waals surface area contributed by atoms with Gasteiger partial charge in [0.25, 0.3) is 0 Å². The number of nitrogens with two attached hydrogens (primary N) is 1. The molecule has 0 aromatic heterocycles.